The maximum Gasteiger partial charge on any atom is 0.122 e. The van der Waals surface area contributed by atoms with Crippen molar-refractivity contribution in [3.05, 3.63) is 325 Å². The first-order valence-corrected chi connectivity index (χ1v) is 36.3. The van der Waals surface area contributed by atoms with Crippen LogP contribution in [0.2, 0.25) is 10.0 Å². The van der Waals surface area contributed by atoms with Gasteiger partial charge in [-0.05, 0) is 269 Å². The van der Waals surface area contributed by atoms with Gasteiger partial charge in [0.15, 0.2) is 0 Å². The summed E-state index contributed by atoms with van der Waals surface area (Å²) < 4.78 is 10.2. The zero-order chi connectivity index (χ0) is 75.7. The van der Waals surface area contributed by atoms with Crippen molar-refractivity contribution in [3.8, 4) is 11.5 Å². The molecule has 6 nitrogen and oxygen atoms in total. The van der Waals surface area contributed by atoms with Crippen LogP contribution in [0.1, 0.15) is 141 Å². The van der Waals surface area contributed by atoms with Crippen LogP contribution in [0.4, 0.5) is 28.4 Å². The lowest BCUT2D eigenvalue weighted by atomic mass is 9.96. The van der Waals surface area contributed by atoms with Gasteiger partial charge >= 0.3 is 0 Å². The normalized spacial score (nSPS) is 9.95. The molecule has 9 rings (SSSR count). The Labute approximate surface area is 624 Å². The summed E-state index contributed by atoms with van der Waals surface area (Å²) in [6, 6.07) is 59.2. The van der Waals surface area contributed by atoms with E-state index in [-0.39, 0.29) is 0 Å². The van der Waals surface area contributed by atoms with Crippen molar-refractivity contribution in [1.29, 1.82) is 0 Å². The van der Waals surface area contributed by atoms with Crippen LogP contribution in [0.25, 0.3) is 0 Å². The van der Waals surface area contributed by atoms with Gasteiger partial charge in [-0.25, -0.2) is 0 Å². The number of benzene rings is 9. The summed E-state index contributed by atoms with van der Waals surface area (Å²) in [5.74, 6) is 2.58. The van der Waals surface area contributed by atoms with Gasteiger partial charge in [-0.2, -0.15) is 0 Å². The Kier molecular flexibility index (Phi) is 42.2. The van der Waals surface area contributed by atoms with Crippen LogP contribution in [0.15, 0.2) is 220 Å². The molecule has 0 atom stereocenters. The predicted octanol–water partition coefficient (Wildman–Crippen LogP) is 26.6. The van der Waals surface area contributed by atoms with Crippen molar-refractivity contribution in [2.45, 2.75) is 157 Å². The van der Waals surface area contributed by atoms with E-state index in [1.165, 1.54) is 113 Å². The fraction of sp³-hybridized carbons (Fsp3) is 0.333. The van der Waals surface area contributed by atoms with E-state index < -0.39 is 0 Å². The molecule has 8 heteroatoms. The van der Waals surface area contributed by atoms with E-state index in [1.807, 2.05) is 101 Å². The predicted molar refractivity (Wildman–Crippen MR) is 452 cm³/mol. The molecule has 0 aliphatic carbocycles. The van der Waals surface area contributed by atoms with Crippen molar-refractivity contribution < 1.29 is 9.47 Å². The molecule has 0 heterocycles. The Morgan fingerprint density at radius 2 is 0.733 bits per heavy atom. The minimum Gasteiger partial charge on any atom is -0.496 e. The lowest BCUT2D eigenvalue weighted by molar-refractivity contribution is 0.411. The van der Waals surface area contributed by atoms with Crippen molar-refractivity contribution in [1.82, 2.24) is 0 Å². The number of nitrogens with one attached hydrogen (secondary N) is 1. The number of nitrogens with zero attached hydrogens (tertiary/aromatic N) is 3. The molecule has 0 aliphatic heterocycles. The zero-order valence-corrected chi connectivity index (χ0v) is 67.5. The van der Waals surface area contributed by atoms with Crippen LogP contribution in [0.3, 0.4) is 0 Å². The van der Waals surface area contributed by atoms with E-state index in [1.54, 1.807) is 14.2 Å². The number of rotatable bonds is 20. The third-order valence-electron chi connectivity index (χ3n) is 16.4. The molecule has 0 saturated carbocycles. The molecule has 9 aromatic rings. The molecule has 0 radical (unpaired) electrons. The van der Waals surface area contributed by atoms with Crippen LogP contribution in [-0.4, -0.2) is 53.5 Å². The van der Waals surface area contributed by atoms with Gasteiger partial charge in [-0.1, -0.05) is 201 Å². The molecule has 0 aromatic heterocycles. The SMILES string of the molecule is C=CCN(CC=C)c1cc(C)ccc1C.C=CCN(CC=C)c1ccc(C)cc1C.CCCN(CCC)c1ccc(C)cc1C.COc1cc(C)ccc1C.COc1ccc(C)cc1C.Cc1cc(C)cc(Nc2ccccc2)c1.Cc1cc(Cl)c(C)cc1Cl.Cc1ccc(C)c(C(C)C)c1. The van der Waals surface area contributed by atoms with E-state index in [2.05, 4.69) is 278 Å². The second kappa shape index (κ2) is 48.2. The summed E-state index contributed by atoms with van der Waals surface area (Å²) in [7, 11) is 3.39. The van der Waals surface area contributed by atoms with E-state index in [0.717, 1.165) is 83.3 Å². The molecule has 0 amide bonds. The number of methoxy groups -OCH3 is 2. The standard InChI is InChI=1S/C14H15N.C14H23N.2C14H19N.C11H16.2C9H12O.C8H8Cl2/c1-11-8-12(2)10-14(9-11)15-13-6-4-3-5-7-13;2*1-5-9-15(10-6-2)14-8-7-12(3)11-13(14)4;1-5-9-15(10-6-2)14-11-12(3)7-8-13(14)4;1-8(2)11-7-9(3)5-6-10(11)4;1-7-4-5-9(10-3)8(2)6-7;1-7-4-5-8(2)9(6-7)10-3;1-5-3-8(10)6(2)4-7(5)9/h3-10,15H,1-2H3;7-8,11H,5-6,9-10H2,1-4H3;2*5-8,11H,1-2,9-10H2,3-4H3;5-8H,1-4H3;2*4-6H,1-3H3;3-4H,1-2H3. The Morgan fingerprint density at radius 3 is 1.14 bits per heavy atom. The average Bonchev–Trinajstić information content (AvgIpc) is 0.872. The molecule has 1 N–H and O–H groups in total. The lowest BCUT2D eigenvalue weighted by Gasteiger charge is -2.25. The highest BCUT2D eigenvalue weighted by Gasteiger charge is 2.10. The number of aryl methyl sites for hydroxylation is 16. The minimum absolute atomic E-state index is 0.648. The highest BCUT2D eigenvalue weighted by Crippen LogP contribution is 2.27. The summed E-state index contributed by atoms with van der Waals surface area (Å²) in [6.07, 6.45) is 10.1. The van der Waals surface area contributed by atoms with Crippen LogP contribution in [0.5, 0.6) is 11.5 Å². The second-order valence-electron chi connectivity index (χ2n) is 26.5. The van der Waals surface area contributed by atoms with Gasteiger partial charge in [0, 0.05) is 77.8 Å². The summed E-state index contributed by atoms with van der Waals surface area (Å²) in [6.45, 7) is 63.4. The van der Waals surface area contributed by atoms with E-state index in [9.17, 15) is 0 Å². The number of halogens is 2. The quantitative estimate of drug-likeness (QED) is 0.0767. The summed E-state index contributed by atoms with van der Waals surface area (Å²) in [5.41, 5.74) is 27.9. The Bertz CT molecular complexity index is 3840. The van der Waals surface area contributed by atoms with E-state index in [4.69, 9.17) is 32.7 Å². The summed E-state index contributed by atoms with van der Waals surface area (Å²) in [5, 5.41) is 4.94. The molecule has 0 spiro atoms. The Hall–Kier alpha value is -8.68. The lowest BCUT2D eigenvalue weighted by Crippen LogP contribution is -2.25. The first kappa shape index (κ1) is 88.4. The van der Waals surface area contributed by atoms with E-state index >= 15 is 0 Å². The minimum atomic E-state index is 0.648. The largest absolute Gasteiger partial charge is 0.496 e. The molecular weight excluding hydrogens is 1280 g/mol. The van der Waals surface area contributed by atoms with Crippen molar-refractivity contribution >= 4 is 51.6 Å². The Morgan fingerprint density at radius 1 is 0.347 bits per heavy atom. The van der Waals surface area contributed by atoms with Crippen molar-refractivity contribution in [2.24, 2.45) is 0 Å². The molecule has 0 bridgehead atoms. The zero-order valence-electron chi connectivity index (χ0n) is 66.0. The van der Waals surface area contributed by atoms with E-state index in [0.29, 0.717) is 5.92 Å². The summed E-state index contributed by atoms with van der Waals surface area (Å²) in [4.78, 5) is 7.02. The molecule has 542 valence electrons. The molecule has 9 aromatic carbocycles. The third kappa shape index (κ3) is 33.6. The number of para-hydroxylation sites is 1. The number of ether oxygens (including phenoxy) is 2. The summed E-state index contributed by atoms with van der Waals surface area (Å²) >= 11 is 11.7. The molecular formula is C93H124Cl2N4O2. The topological polar surface area (TPSA) is 40.2 Å². The number of hydrogen-bond donors (Lipinski definition) is 1. The fourth-order valence-corrected chi connectivity index (χ4v) is 11.7. The van der Waals surface area contributed by atoms with Crippen LogP contribution < -0.4 is 29.5 Å². The molecule has 0 aliphatic rings. The van der Waals surface area contributed by atoms with Gasteiger partial charge in [0.05, 0.1) is 14.2 Å². The van der Waals surface area contributed by atoms with Crippen molar-refractivity contribution in [2.75, 3.05) is 73.5 Å². The number of anilines is 5. The van der Waals surface area contributed by atoms with Crippen LogP contribution in [-0.2, 0) is 0 Å². The van der Waals surface area contributed by atoms with Gasteiger partial charge in [-0.15, -0.1) is 26.3 Å². The van der Waals surface area contributed by atoms with Crippen LogP contribution >= 0.6 is 23.2 Å². The van der Waals surface area contributed by atoms with Crippen LogP contribution in [0, 0.1) is 111 Å². The maximum absolute atomic E-state index is 5.83. The molecule has 0 fully saturated rings. The monoisotopic (exact) mass is 1400 g/mol. The second-order valence-corrected chi connectivity index (χ2v) is 27.3. The third-order valence-corrected chi connectivity index (χ3v) is 17.2. The van der Waals surface area contributed by atoms with Gasteiger partial charge < -0.3 is 29.5 Å². The average molecular weight is 1400 g/mol. The maximum atomic E-state index is 5.83. The fourth-order valence-electron chi connectivity index (χ4n) is 11.3. The Balaban J connectivity index is 0.000000395. The van der Waals surface area contributed by atoms with Gasteiger partial charge in [-0.3, -0.25) is 0 Å². The van der Waals surface area contributed by atoms with Crippen molar-refractivity contribution in [3.63, 3.8) is 0 Å². The first-order chi connectivity index (χ1) is 48.0. The van der Waals surface area contributed by atoms with Gasteiger partial charge in [0.1, 0.15) is 11.5 Å². The van der Waals surface area contributed by atoms with Gasteiger partial charge in [0.25, 0.3) is 0 Å². The number of hydrogen-bond acceptors (Lipinski definition) is 6. The molecule has 0 unspecified atom stereocenters. The van der Waals surface area contributed by atoms with Gasteiger partial charge in [0.2, 0.25) is 0 Å². The first-order valence-electron chi connectivity index (χ1n) is 35.5. The smallest absolute Gasteiger partial charge is 0.122 e. The molecule has 101 heavy (non-hydrogen) atoms. The highest BCUT2D eigenvalue weighted by atomic mass is 35.5. The highest BCUT2D eigenvalue weighted by molar-refractivity contribution is 6.34. The molecule has 0 saturated heterocycles.